The van der Waals surface area contributed by atoms with Crippen LogP contribution in [0.15, 0.2) is 24.3 Å². The van der Waals surface area contributed by atoms with Crippen molar-refractivity contribution in [2.45, 2.75) is 39.5 Å². The number of benzene rings is 1. The van der Waals surface area contributed by atoms with Crippen LogP contribution in [0.2, 0.25) is 0 Å². The Morgan fingerprint density at radius 3 is 2.05 bits per heavy atom. The first-order valence-electron chi connectivity index (χ1n) is 7.63. The normalized spacial score (nSPS) is 18.7. The highest BCUT2D eigenvalue weighted by Crippen LogP contribution is 2.53. The minimum atomic E-state index is -0.452. The van der Waals surface area contributed by atoms with Gasteiger partial charge in [0, 0.05) is 30.8 Å². The van der Waals surface area contributed by atoms with Crippen molar-refractivity contribution in [1.29, 1.82) is 0 Å². The molecule has 1 saturated heterocycles. The van der Waals surface area contributed by atoms with Gasteiger partial charge in [-0.1, -0.05) is 13.8 Å². The highest BCUT2D eigenvalue weighted by Gasteiger charge is 2.45. The van der Waals surface area contributed by atoms with Gasteiger partial charge in [-0.05, 0) is 43.2 Å². The summed E-state index contributed by atoms with van der Waals surface area (Å²) in [6.07, 6.45) is 4.83. The fourth-order valence-corrected chi connectivity index (χ4v) is 2.77. The van der Waals surface area contributed by atoms with Gasteiger partial charge in [-0.25, -0.2) is 0 Å². The van der Waals surface area contributed by atoms with Crippen LogP contribution >= 0.6 is 0 Å². The summed E-state index contributed by atoms with van der Waals surface area (Å²) < 4.78 is 0. The van der Waals surface area contributed by atoms with E-state index < -0.39 is 4.92 Å². The van der Waals surface area contributed by atoms with Crippen LogP contribution in [-0.2, 0) is 0 Å². The van der Waals surface area contributed by atoms with Crippen LogP contribution < -0.4 is 0 Å². The third kappa shape index (κ3) is 3.40. The second kappa shape index (κ2) is 6.24. The summed E-state index contributed by atoms with van der Waals surface area (Å²) in [5.41, 5.74) is 1.11. The number of hydrogen-bond donors (Lipinski definition) is 0. The molecule has 3 rings (SSSR count). The minimum absolute atomic E-state index is 0.00889. The molecule has 0 unspecified atom stereocenters. The van der Waals surface area contributed by atoms with E-state index in [1.54, 1.807) is 12.1 Å². The smallest absolute Gasteiger partial charge is 0.269 e. The van der Waals surface area contributed by atoms with Crippen molar-refractivity contribution in [1.82, 2.24) is 4.90 Å². The lowest BCUT2D eigenvalue weighted by atomic mass is 9.93. The highest BCUT2D eigenvalue weighted by atomic mass is 16.6. The van der Waals surface area contributed by atoms with Crippen LogP contribution in [0.3, 0.4) is 0 Å². The predicted molar refractivity (Wildman–Crippen MR) is 81.2 cm³/mol. The van der Waals surface area contributed by atoms with Crippen molar-refractivity contribution in [2.75, 3.05) is 13.1 Å². The second-order valence-electron chi connectivity index (χ2n) is 5.60. The van der Waals surface area contributed by atoms with Gasteiger partial charge in [0.25, 0.3) is 11.6 Å². The van der Waals surface area contributed by atoms with Crippen molar-refractivity contribution in [3.05, 3.63) is 39.9 Å². The van der Waals surface area contributed by atoms with Crippen molar-refractivity contribution < 1.29 is 9.72 Å². The molecule has 5 nitrogen and oxygen atoms in total. The van der Waals surface area contributed by atoms with Crippen LogP contribution in [0.25, 0.3) is 0 Å². The molecule has 1 amide bonds. The fraction of sp³-hybridized carbons (Fsp3) is 0.562. The van der Waals surface area contributed by atoms with Crippen LogP contribution in [0.4, 0.5) is 5.69 Å². The zero-order valence-corrected chi connectivity index (χ0v) is 12.7. The molecule has 2 fully saturated rings. The molecule has 1 aromatic rings. The molecule has 1 saturated carbocycles. The molecule has 0 radical (unpaired) electrons. The maximum absolute atomic E-state index is 12.3. The molecule has 1 heterocycles. The van der Waals surface area contributed by atoms with Crippen LogP contribution in [-0.4, -0.2) is 28.8 Å². The Kier molecular flexibility index (Phi) is 4.60. The number of carbonyl (C=O) groups is 1. The Morgan fingerprint density at radius 2 is 1.62 bits per heavy atom. The largest absolute Gasteiger partial charge is 0.339 e. The van der Waals surface area contributed by atoms with Gasteiger partial charge < -0.3 is 4.90 Å². The maximum Gasteiger partial charge on any atom is 0.269 e. The number of likely N-dealkylation sites (tertiary alicyclic amines) is 1. The van der Waals surface area contributed by atoms with Crippen LogP contribution in [0, 0.1) is 15.5 Å². The summed E-state index contributed by atoms with van der Waals surface area (Å²) in [4.78, 5) is 24.3. The molecule has 114 valence electrons. The van der Waals surface area contributed by atoms with E-state index in [4.69, 9.17) is 0 Å². The molecule has 1 aliphatic carbocycles. The van der Waals surface area contributed by atoms with Gasteiger partial charge in [-0.3, -0.25) is 14.9 Å². The summed E-state index contributed by atoms with van der Waals surface area (Å²) in [5.74, 6) is -0.00889. The molecule has 1 aliphatic heterocycles. The van der Waals surface area contributed by atoms with E-state index in [1.165, 1.54) is 25.0 Å². The first-order valence-corrected chi connectivity index (χ1v) is 7.63. The number of nitro groups is 1. The van der Waals surface area contributed by atoms with Crippen molar-refractivity contribution in [3.8, 4) is 0 Å². The molecule has 21 heavy (non-hydrogen) atoms. The topological polar surface area (TPSA) is 63.4 Å². The van der Waals surface area contributed by atoms with Crippen molar-refractivity contribution in [3.63, 3.8) is 0 Å². The molecule has 0 aromatic heterocycles. The Morgan fingerprint density at radius 1 is 1.10 bits per heavy atom. The van der Waals surface area contributed by atoms with Gasteiger partial charge >= 0.3 is 0 Å². The maximum atomic E-state index is 12.3. The Hall–Kier alpha value is -1.91. The number of non-ortho nitro benzene ring substituents is 1. The molecule has 1 spiro atoms. The molecule has 0 atom stereocenters. The summed E-state index contributed by atoms with van der Waals surface area (Å²) >= 11 is 0. The molecule has 5 heteroatoms. The van der Waals surface area contributed by atoms with E-state index >= 15 is 0 Å². The SMILES string of the molecule is CC.O=C(c1ccc([N+](=O)[O-])cc1)N1CCC2(CC1)CC2. The van der Waals surface area contributed by atoms with E-state index in [9.17, 15) is 14.9 Å². The first-order chi connectivity index (χ1) is 10.1. The van der Waals surface area contributed by atoms with E-state index in [2.05, 4.69) is 0 Å². The van der Waals surface area contributed by atoms with E-state index in [0.29, 0.717) is 11.0 Å². The van der Waals surface area contributed by atoms with Gasteiger partial charge in [0.2, 0.25) is 0 Å². The number of amides is 1. The summed E-state index contributed by atoms with van der Waals surface area (Å²) in [6, 6.07) is 5.86. The van der Waals surface area contributed by atoms with Crippen molar-refractivity contribution >= 4 is 11.6 Å². The van der Waals surface area contributed by atoms with E-state index in [-0.39, 0.29) is 11.6 Å². The predicted octanol–water partition coefficient (Wildman–Crippen LogP) is 3.64. The number of nitrogens with zero attached hydrogens (tertiary/aromatic N) is 2. The zero-order valence-electron chi connectivity index (χ0n) is 12.7. The Bertz CT molecular complexity index is 511. The first kappa shape index (κ1) is 15.5. The number of piperidine rings is 1. The molecular weight excluding hydrogens is 268 g/mol. The molecule has 2 aliphatic rings. The lowest BCUT2D eigenvalue weighted by molar-refractivity contribution is -0.384. The van der Waals surface area contributed by atoms with Crippen molar-refractivity contribution in [2.24, 2.45) is 5.41 Å². The Labute approximate surface area is 125 Å². The summed E-state index contributed by atoms with van der Waals surface area (Å²) in [6.45, 7) is 5.63. The second-order valence-corrected chi connectivity index (χ2v) is 5.60. The lowest BCUT2D eigenvalue weighted by Crippen LogP contribution is -2.39. The van der Waals surface area contributed by atoms with Gasteiger partial charge in [0.1, 0.15) is 0 Å². The quantitative estimate of drug-likeness (QED) is 0.617. The lowest BCUT2D eigenvalue weighted by Gasteiger charge is -2.32. The molecular formula is C16H22N2O3. The highest BCUT2D eigenvalue weighted by molar-refractivity contribution is 5.94. The molecule has 0 N–H and O–H groups in total. The summed E-state index contributed by atoms with van der Waals surface area (Å²) in [5, 5.41) is 10.6. The van der Waals surface area contributed by atoms with Gasteiger partial charge in [-0.15, -0.1) is 0 Å². The van der Waals surface area contributed by atoms with Crippen LogP contribution in [0.1, 0.15) is 49.9 Å². The Balaban J connectivity index is 0.000000774. The number of nitro benzene ring substituents is 1. The number of rotatable bonds is 2. The van der Waals surface area contributed by atoms with Gasteiger partial charge in [0.05, 0.1) is 4.92 Å². The fourth-order valence-electron chi connectivity index (χ4n) is 2.77. The number of hydrogen-bond acceptors (Lipinski definition) is 3. The van der Waals surface area contributed by atoms with E-state index in [0.717, 1.165) is 25.9 Å². The third-order valence-electron chi connectivity index (χ3n) is 4.39. The molecule has 0 bridgehead atoms. The number of carbonyl (C=O) groups excluding carboxylic acids is 1. The van der Waals surface area contributed by atoms with Gasteiger partial charge in [-0.2, -0.15) is 0 Å². The zero-order chi connectivity index (χ0) is 15.5. The molecule has 1 aromatic carbocycles. The van der Waals surface area contributed by atoms with Gasteiger partial charge in [0.15, 0.2) is 0 Å². The average molecular weight is 290 g/mol. The average Bonchev–Trinajstić information content (AvgIpc) is 3.29. The van der Waals surface area contributed by atoms with E-state index in [1.807, 2.05) is 18.7 Å². The third-order valence-corrected chi connectivity index (χ3v) is 4.39. The van der Waals surface area contributed by atoms with Crippen LogP contribution in [0.5, 0.6) is 0 Å². The monoisotopic (exact) mass is 290 g/mol. The summed E-state index contributed by atoms with van der Waals surface area (Å²) in [7, 11) is 0. The minimum Gasteiger partial charge on any atom is -0.339 e. The standard InChI is InChI=1S/C14H16N2O3.C2H6/c17-13(11-1-3-12(4-2-11)16(18)19)15-9-7-14(5-6-14)8-10-15;1-2/h1-4H,5-10H2;1-2H3.